The van der Waals surface area contributed by atoms with Crippen LogP contribution in [0, 0.1) is 0 Å². The molecule has 0 radical (unpaired) electrons. The molecule has 6 heteroatoms. The lowest BCUT2D eigenvalue weighted by Gasteiger charge is -2.30. The average Bonchev–Trinajstić information content (AvgIpc) is 3.30. The third kappa shape index (κ3) is 2.38. The van der Waals surface area contributed by atoms with Gasteiger partial charge in [0.15, 0.2) is 0 Å². The minimum Gasteiger partial charge on any atom is -0.339 e. The molecule has 1 N–H and O–H groups in total. The van der Waals surface area contributed by atoms with E-state index < -0.39 is 0 Å². The number of aromatic nitrogens is 4. The lowest BCUT2D eigenvalue weighted by molar-refractivity contribution is 0.0652. The quantitative estimate of drug-likeness (QED) is 0.621. The first kappa shape index (κ1) is 14.9. The predicted octanol–water partition coefficient (Wildman–Crippen LogP) is 3.26. The van der Waals surface area contributed by atoms with E-state index in [0.29, 0.717) is 5.56 Å². The van der Waals surface area contributed by atoms with Gasteiger partial charge >= 0.3 is 0 Å². The van der Waals surface area contributed by atoms with Gasteiger partial charge in [-0.25, -0.2) is 4.98 Å². The van der Waals surface area contributed by atoms with Crippen LogP contribution in [-0.4, -0.2) is 43.6 Å². The molecule has 0 unspecified atom stereocenters. The van der Waals surface area contributed by atoms with Crippen LogP contribution in [0.2, 0.25) is 0 Å². The highest BCUT2D eigenvalue weighted by atomic mass is 16.2. The summed E-state index contributed by atoms with van der Waals surface area (Å²) in [5.41, 5.74) is 5.69. The number of likely N-dealkylation sites (tertiary alicyclic amines) is 1. The zero-order valence-corrected chi connectivity index (χ0v) is 14.1. The van der Waals surface area contributed by atoms with E-state index in [9.17, 15) is 4.79 Å². The number of amides is 1. The third-order valence-corrected chi connectivity index (χ3v) is 4.91. The van der Waals surface area contributed by atoms with Gasteiger partial charge in [0.2, 0.25) is 0 Å². The van der Waals surface area contributed by atoms with Gasteiger partial charge in [0.1, 0.15) is 6.33 Å². The van der Waals surface area contributed by atoms with Crippen molar-refractivity contribution in [2.45, 2.75) is 6.42 Å². The average molecular weight is 343 g/mol. The fourth-order valence-corrected chi connectivity index (χ4v) is 3.27. The zero-order chi connectivity index (χ0) is 17.5. The fourth-order valence-electron chi connectivity index (χ4n) is 3.27. The maximum absolute atomic E-state index is 12.5. The normalized spacial score (nSPS) is 13.8. The van der Waals surface area contributed by atoms with Gasteiger partial charge in [0, 0.05) is 36.1 Å². The number of imidazole rings is 1. The summed E-state index contributed by atoms with van der Waals surface area (Å²) in [5, 5.41) is 6.82. The molecule has 5 rings (SSSR count). The second kappa shape index (κ2) is 5.84. The third-order valence-electron chi connectivity index (χ3n) is 4.91. The highest BCUT2D eigenvalue weighted by Gasteiger charge is 2.22. The molecule has 1 aliphatic heterocycles. The van der Waals surface area contributed by atoms with Gasteiger partial charge in [-0.05, 0) is 42.3 Å². The number of aromatic amines is 1. The van der Waals surface area contributed by atoms with Crippen LogP contribution in [0.4, 0.5) is 0 Å². The molecular weight excluding hydrogens is 326 g/mol. The van der Waals surface area contributed by atoms with Crippen molar-refractivity contribution >= 4 is 16.9 Å². The predicted molar refractivity (Wildman–Crippen MR) is 99.2 cm³/mol. The SMILES string of the molecule is O=C(c1ccc2ncn(-c3ccc(-c4cn[nH]c4)cc3)c2c1)N1CCC1. The van der Waals surface area contributed by atoms with Crippen molar-refractivity contribution in [2.24, 2.45) is 0 Å². The van der Waals surface area contributed by atoms with Crippen LogP contribution in [0.15, 0.2) is 61.2 Å². The van der Waals surface area contributed by atoms with Crippen molar-refractivity contribution < 1.29 is 4.79 Å². The summed E-state index contributed by atoms with van der Waals surface area (Å²) in [6.07, 6.45) is 6.56. The van der Waals surface area contributed by atoms with E-state index in [0.717, 1.165) is 47.4 Å². The Morgan fingerprint density at radius 2 is 1.88 bits per heavy atom. The number of benzene rings is 2. The Morgan fingerprint density at radius 1 is 1.04 bits per heavy atom. The van der Waals surface area contributed by atoms with Crippen LogP contribution in [0.25, 0.3) is 27.8 Å². The van der Waals surface area contributed by atoms with E-state index in [2.05, 4.69) is 27.3 Å². The number of hydrogen-bond donors (Lipinski definition) is 1. The zero-order valence-electron chi connectivity index (χ0n) is 14.1. The first-order valence-electron chi connectivity index (χ1n) is 8.65. The van der Waals surface area contributed by atoms with Gasteiger partial charge in [-0.3, -0.25) is 14.5 Å². The Balaban J connectivity index is 1.53. The molecule has 128 valence electrons. The van der Waals surface area contributed by atoms with E-state index in [1.165, 1.54) is 0 Å². The Kier molecular flexibility index (Phi) is 3.35. The highest BCUT2D eigenvalue weighted by Crippen LogP contribution is 2.24. The number of carbonyl (C=O) groups is 1. The van der Waals surface area contributed by atoms with Gasteiger partial charge in [-0.2, -0.15) is 5.10 Å². The van der Waals surface area contributed by atoms with E-state index in [1.54, 1.807) is 12.5 Å². The lowest BCUT2D eigenvalue weighted by atomic mass is 10.1. The Bertz CT molecular complexity index is 1080. The molecule has 1 saturated heterocycles. The van der Waals surface area contributed by atoms with Gasteiger partial charge in [-0.15, -0.1) is 0 Å². The number of nitrogens with one attached hydrogen (secondary N) is 1. The second-order valence-electron chi connectivity index (χ2n) is 6.50. The number of hydrogen-bond acceptors (Lipinski definition) is 3. The number of carbonyl (C=O) groups excluding carboxylic acids is 1. The molecule has 3 heterocycles. The van der Waals surface area contributed by atoms with Crippen molar-refractivity contribution in [3.05, 3.63) is 66.7 Å². The Hall–Kier alpha value is -3.41. The first-order chi connectivity index (χ1) is 12.8. The van der Waals surface area contributed by atoms with Crippen molar-refractivity contribution in [2.75, 3.05) is 13.1 Å². The summed E-state index contributed by atoms with van der Waals surface area (Å²) < 4.78 is 2.02. The van der Waals surface area contributed by atoms with E-state index in [-0.39, 0.29) is 5.91 Å². The molecule has 0 atom stereocenters. The van der Waals surface area contributed by atoms with Crippen LogP contribution in [0.1, 0.15) is 16.8 Å². The van der Waals surface area contributed by atoms with Gasteiger partial charge in [-0.1, -0.05) is 12.1 Å². The standard InChI is InChI=1S/C20H17N5O/c26-20(24-8-1-9-24)15-4-7-18-19(10-15)25(13-21-18)17-5-2-14(3-6-17)16-11-22-23-12-16/h2-7,10-13H,1,8-9H2,(H,22,23). The molecule has 1 amide bonds. The maximum Gasteiger partial charge on any atom is 0.253 e. The summed E-state index contributed by atoms with van der Waals surface area (Å²) in [6, 6.07) is 13.9. The van der Waals surface area contributed by atoms with Crippen LogP contribution in [-0.2, 0) is 0 Å². The molecule has 0 saturated carbocycles. The first-order valence-corrected chi connectivity index (χ1v) is 8.65. The highest BCUT2D eigenvalue weighted by molar-refractivity contribution is 5.98. The summed E-state index contributed by atoms with van der Waals surface area (Å²) >= 11 is 0. The molecule has 2 aromatic carbocycles. The largest absolute Gasteiger partial charge is 0.339 e. The summed E-state index contributed by atoms with van der Waals surface area (Å²) in [5.74, 6) is 0.0983. The van der Waals surface area contributed by atoms with Crippen molar-refractivity contribution in [3.63, 3.8) is 0 Å². The maximum atomic E-state index is 12.5. The number of fused-ring (bicyclic) bond motifs is 1. The van der Waals surface area contributed by atoms with Crippen LogP contribution >= 0.6 is 0 Å². The van der Waals surface area contributed by atoms with Crippen molar-refractivity contribution in [3.8, 4) is 16.8 Å². The summed E-state index contributed by atoms with van der Waals surface area (Å²) in [4.78, 5) is 18.9. The topological polar surface area (TPSA) is 66.8 Å². The van der Waals surface area contributed by atoms with Crippen LogP contribution in [0.5, 0.6) is 0 Å². The molecule has 1 aliphatic rings. The van der Waals surface area contributed by atoms with E-state index in [4.69, 9.17) is 0 Å². The van der Waals surface area contributed by atoms with Gasteiger partial charge in [0.25, 0.3) is 5.91 Å². The molecule has 4 aromatic rings. The number of rotatable bonds is 3. The smallest absolute Gasteiger partial charge is 0.253 e. The van der Waals surface area contributed by atoms with Crippen molar-refractivity contribution in [1.82, 2.24) is 24.6 Å². The van der Waals surface area contributed by atoms with Crippen LogP contribution < -0.4 is 0 Å². The van der Waals surface area contributed by atoms with Crippen LogP contribution in [0.3, 0.4) is 0 Å². The number of H-pyrrole nitrogens is 1. The monoisotopic (exact) mass is 343 g/mol. The molecule has 1 fully saturated rings. The van der Waals surface area contributed by atoms with E-state index in [1.807, 2.05) is 46.0 Å². The Labute approximate surface area is 150 Å². The van der Waals surface area contributed by atoms with Gasteiger partial charge < -0.3 is 4.90 Å². The fraction of sp³-hybridized carbons (Fsp3) is 0.150. The van der Waals surface area contributed by atoms with E-state index >= 15 is 0 Å². The molecule has 2 aromatic heterocycles. The lowest BCUT2D eigenvalue weighted by Crippen LogP contribution is -2.41. The molecular formula is C20H17N5O. The number of nitrogens with zero attached hydrogens (tertiary/aromatic N) is 4. The summed E-state index contributed by atoms with van der Waals surface area (Å²) in [6.45, 7) is 1.71. The van der Waals surface area contributed by atoms with Crippen molar-refractivity contribution in [1.29, 1.82) is 0 Å². The van der Waals surface area contributed by atoms with Gasteiger partial charge in [0.05, 0.1) is 17.2 Å². The minimum absolute atomic E-state index is 0.0983. The molecule has 26 heavy (non-hydrogen) atoms. The minimum atomic E-state index is 0.0983. The second-order valence-corrected chi connectivity index (χ2v) is 6.50. The Morgan fingerprint density at radius 3 is 2.58 bits per heavy atom. The molecule has 0 spiro atoms. The molecule has 0 bridgehead atoms. The summed E-state index contributed by atoms with van der Waals surface area (Å²) in [7, 11) is 0. The molecule has 6 nitrogen and oxygen atoms in total. The molecule has 0 aliphatic carbocycles.